The molecule has 1 amide bonds. The Balaban J connectivity index is 1.44. The van der Waals surface area contributed by atoms with E-state index in [-0.39, 0.29) is 5.92 Å². The molecule has 4 unspecified atom stereocenters. The SMILES string of the molecule is O=C(C1CC1c1ccccc1)N1C2CCCCCC1C2. The van der Waals surface area contributed by atoms with Crippen molar-refractivity contribution in [2.45, 2.75) is 62.9 Å². The van der Waals surface area contributed by atoms with Gasteiger partial charge in [0.15, 0.2) is 0 Å². The molecule has 2 saturated heterocycles. The van der Waals surface area contributed by atoms with Crippen LogP contribution in [0.1, 0.15) is 56.4 Å². The van der Waals surface area contributed by atoms with E-state index in [0.29, 0.717) is 23.9 Å². The van der Waals surface area contributed by atoms with E-state index in [0.717, 1.165) is 6.42 Å². The van der Waals surface area contributed by atoms with Crippen molar-refractivity contribution in [3.8, 4) is 0 Å². The van der Waals surface area contributed by atoms with E-state index in [1.54, 1.807) is 0 Å². The molecule has 3 fully saturated rings. The summed E-state index contributed by atoms with van der Waals surface area (Å²) in [7, 11) is 0. The van der Waals surface area contributed by atoms with Gasteiger partial charge in [-0.1, -0.05) is 49.6 Å². The first-order valence-corrected chi connectivity index (χ1v) is 8.21. The summed E-state index contributed by atoms with van der Waals surface area (Å²) in [6.45, 7) is 0. The highest BCUT2D eigenvalue weighted by Gasteiger charge is 2.51. The van der Waals surface area contributed by atoms with Gasteiger partial charge in [0.05, 0.1) is 0 Å². The quantitative estimate of drug-likeness (QED) is 0.801. The summed E-state index contributed by atoms with van der Waals surface area (Å²) in [6.07, 6.45) is 8.82. The summed E-state index contributed by atoms with van der Waals surface area (Å²) < 4.78 is 0. The van der Waals surface area contributed by atoms with Crippen molar-refractivity contribution in [2.75, 3.05) is 0 Å². The molecule has 1 aromatic carbocycles. The second-order valence-electron chi connectivity index (χ2n) is 6.79. The fourth-order valence-electron chi connectivity index (χ4n) is 4.24. The van der Waals surface area contributed by atoms with E-state index in [4.69, 9.17) is 0 Å². The lowest BCUT2D eigenvalue weighted by atomic mass is 9.82. The Morgan fingerprint density at radius 2 is 1.65 bits per heavy atom. The number of amides is 1. The first kappa shape index (κ1) is 12.4. The summed E-state index contributed by atoms with van der Waals surface area (Å²) in [5.74, 6) is 1.23. The largest absolute Gasteiger partial charge is 0.336 e. The number of carbonyl (C=O) groups excluding carboxylic acids is 1. The Bertz CT molecular complexity index is 481. The minimum absolute atomic E-state index is 0.280. The molecule has 3 aliphatic rings. The molecule has 1 aliphatic carbocycles. The van der Waals surface area contributed by atoms with Crippen LogP contribution < -0.4 is 0 Å². The van der Waals surface area contributed by atoms with Crippen LogP contribution in [-0.4, -0.2) is 22.9 Å². The molecule has 20 heavy (non-hydrogen) atoms. The summed E-state index contributed by atoms with van der Waals surface area (Å²) in [4.78, 5) is 15.0. The highest BCUT2D eigenvalue weighted by atomic mass is 16.2. The van der Waals surface area contributed by atoms with Crippen molar-refractivity contribution in [3.05, 3.63) is 35.9 Å². The summed E-state index contributed by atoms with van der Waals surface area (Å²) in [6, 6.07) is 11.7. The number of hydrogen-bond donors (Lipinski definition) is 0. The highest BCUT2D eigenvalue weighted by molar-refractivity contribution is 5.84. The zero-order valence-electron chi connectivity index (χ0n) is 12.0. The van der Waals surface area contributed by atoms with Gasteiger partial charge in [0, 0.05) is 18.0 Å². The van der Waals surface area contributed by atoms with Gasteiger partial charge >= 0.3 is 0 Å². The van der Waals surface area contributed by atoms with Gasteiger partial charge in [0.1, 0.15) is 0 Å². The van der Waals surface area contributed by atoms with Crippen LogP contribution in [0.3, 0.4) is 0 Å². The molecule has 0 aromatic heterocycles. The van der Waals surface area contributed by atoms with Crippen LogP contribution in [0.5, 0.6) is 0 Å². The molecule has 2 nitrogen and oxygen atoms in total. The zero-order chi connectivity index (χ0) is 13.5. The van der Waals surface area contributed by atoms with Gasteiger partial charge in [-0.3, -0.25) is 4.79 Å². The maximum atomic E-state index is 12.8. The normalized spacial score (nSPS) is 35.7. The van der Waals surface area contributed by atoms with Crippen LogP contribution in [0.2, 0.25) is 0 Å². The average Bonchev–Trinajstić information content (AvgIpc) is 3.17. The van der Waals surface area contributed by atoms with E-state index in [9.17, 15) is 4.79 Å². The Hall–Kier alpha value is -1.31. The Morgan fingerprint density at radius 3 is 2.35 bits per heavy atom. The lowest BCUT2D eigenvalue weighted by Crippen LogP contribution is -2.59. The topological polar surface area (TPSA) is 20.3 Å². The summed E-state index contributed by atoms with van der Waals surface area (Å²) in [5.41, 5.74) is 1.35. The Morgan fingerprint density at radius 1 is 0.950 bits per heavy atom. The number of fused-ring (bicyclic) bond motifs is 2. The van der Waals surface area contributed by atoms with Gasteiger partial charge in [0.2, 0.25) is 5.91 Å². The van der Waals surface area contributed by atoms with E-state index in [1.807, 2.05) is 0 Å². The van der Waals surface area contributed by atoms with Crippen molar-refractivity contribution in [1.82, 2.24) is 4.90 Å². The minimum Gasteiger partial charge on any atom is -0.336 e. The third-order valence-corrected chi connectivity index (χ3v) is 5.50. The molecule has 4 atom stereocenters. The van der Waals surface area contributed by atoms with Crippen molar-refractivity contribution < 1.29 is 4.79 Å². The van der Waals surface area contributed by atoms with E-state index >= 15 is 0 Å². The van der Waals surface area contributed by atoms with Crippen molar-refractivity contribution in [3.63, 3.8) is 0 Å². The first-order valence-electron chi connectivity index (χ1n) is 8.21. The smallest absolute Gasteiger partial charge is 0.226 e. The number of rotatable bonds is 2. The van der Waals surface area contributed by atoms with Crippen molar-refractivity contribution in [1.29, 1.82) is 0 Å². The number of benzene rings is 1. The van der Waals surface area contributed by atoms with Crippen LogP contribution >= 0.6 is 0 Å². The molecule has 0 spiro atoms. The lowest BCUT2D eigenvalue weighted by Gasteiger charge is -2.50. The fourth-order valence-corrected chi connectivity index (χ4v) is 4.24. The number of carbonyl (C=O) groups is 1. The molecule has 4 rings (SSSR count). The minimum atomic E-state index is 0.280. The number of hydrogen-bond acceptors (Lipinski definition) is 1. The maximum Gasteiger partial charge on any atom is 0.226 e. The van der Waals surface area contributed by atoms with Crippen LogP contribution in [0.4, 0.5) is 0 Å². The number of nitrogens with zero attached hydrogens (tertiary/aromatic N) is 1. The lowest BCUT2D eigenvalue weighted by molar-refractivity contribution is -0.148. The van der Waals surface area contributed by atoms with Gasteiger partial charge in [-0.05, 0) is 37.2 Å². The molecule has 0 N–H and O–H groups in total. The zero-order valence-corrected chi connectivity index (χ0v) is 12.0. The molecular weight excluding hydrogens is 246 g/mol. The van der Waals surface area contributed by atoms with Crippen LogP contribution in [0.15, 0.2) is 30.3 Å². The van der Waals surface area contributed by atoms with Gasteiger partial charge in [-0.25, -0.2) is 0 Å². The van der Waals surface area contributed by atoms with Crippen LogP contribution in [0, 0.1) is 5.92 Å². The molecule has 2 aliphatic heterocycles. The second-order valence-corrected chi connectivity index (χ2v) is 6.79. The molecule has 2 heterocycles. The molecular formula is C18H23NO. The second kappa shape index (κ2) is 4.91. The first-order chi connectivity index (χ1) is 9.84. The van der Waals surface area contributed by atoms with Crippen LogP contribution in [-0.2, 0) is 4.79 Å². The highest BCUT2D eigenvalue weighted by Crippen LogP contribution is 2.50. The summed E-state index contributed by atoms with van der Waals surface area (Å²) in [5, 5.41) is 0. The van der Waals surface area contributed by atoms with E-state index in [2.05, 4.69) is 35.2 Å². The third kappa shape index (κ3) is 2.06. The van der Waals surface area contributed by atoms with Crippen molar-refractivity contribution in [2.24, 2.45) is 5.92 Å². The molecule has 1 aromatic rings. The molecule has 2 bridgehead atoms. The third-order valence-electron chi connectivity index (χ3n) is 5.50. The van der Waals surface area contributed by atoms with Gasteiger partial charge < -0.3 is 4.90 Å². The van der Waals surface area contributed by atoms with Gasteiger partial charge in [0.25, 0.3) is 0 Å². The maximum absolute atomic E-state index is 12.8. The van der Waals surface area contributed by atoms with Gasteiger partial charge in [-0.15, -0.1) is 0 Å². The molecule has 0 radical (unpaired) electrons. The standard InChI is InChI=1S/C18H23NO/c20-18(17-12-16(17)13-7-3-1-4-8-13)19-14-9-5-2-6-10-15(19)11-14/h1,3-4,7-8,14-17H,2,5-6,9-12H2. The average molecular weight is 269 g/mol. The summed E-state index contributed by atoms with van der Waals surface area (Å²) >= 11 is 0. The van der Waals surface area contributed by atoms with Crippen LogP contribution in [0.25, 0.3) is 0 Å². The molecule has 106 valence electrons. The van der Waals surface area contributed by atoms with E-state index in [1.165, 1.54) is 44.1 Å². The van der Waals surface area contributed by atoms with E-state index < -0.39 is 0 Å². The Kier molecular flexibility index (Phi) is 3.05. The molecule has 1 saturated carbocycles. The monoisotopic (exact) mass is 269 g/mol. The van der Waals surface area contributed by atoms with Crippen molar-refractivity contribution >= 4 is 5.91 Å². The molecule has 2 heteroatoms. The fraction of sp³-hybridized carbons (Fsp3) is 0.611. The predicted molar refractivity (Wildman–Crippen MR) is 79.4 cm³/mol. The van der Waals surface area contributed by atoms with Gasteiger partial charge in [-0.2, -0.15) is 0 Å². The Labute approximate surface area is 121 Å². The predicted octanol–water partition coefficient (Wildman–Crippen LogP) is 3.72.